The van der Waals surface area contributed by atoms with Crippen molar-refractivity contribution < 1.29 is 14.7 Å². The van der Waals surface area contributed by atoms with Gasteiger partial charge >= 0.3 is 11.9 Å². The van der Waals surface area contributed by atoms with Gasteiger partial charge in [-0.3, -0.25) is 16.5 Å². The Morgan fingerprint density at radius 2 is 1.38 bits per heavy atom. The average Bonchev–Trinajstić information content (AvgIpc) is 1.72. The number of amides is 1. The van der Waals surface area contributed by atoms with E-state index in [1.54, 1.807) is 0 Å². The molecule has 6 heteroatoms. The Morgan fingerprint density at radius 1 is 1.25 bits per heavy atom. The minimum absolute atomic E-state index is 1.32. The summed E-state index contributed by atoms with van der Waals surface area (Å²) >= 11 is 0. The summed E-state index contributed by atoms with van der Waals surface area (Å²) in [5.41, 5.74) is 4.20. The second kappa shape index (κ2) is 5.86. The fraction of sp³-hybridized carbons (Fsp3) is 0. The van der Waals surface area contributed by atoms with Crippen molar-refractivity contribution in [3.63, 3.8) is 0 Å². The number of primary amides is 1. The van der Waals surface area contributed by atoms with Gasteiger partial charge in [0.2, 0.25) is 0 Å². The number of rotatable bonds is 0. The smallest absolute Gasteiger partial charge is 0.394 e. The van der Waals surface area contributed by atoms with E-state index in [0.29, 0.717) is 0 Å². The van der Waals surface area contributed by atoms with Gasteiger partial charge in [0, 0.05) is 0 Å². The van der Waals surface area contributed by atoms with Gasteiger partial charge in [-0.1, -0.05) is 0 Å². The van der Waals surface area contributed by atoms with E-state index in [4.69, 9.17) is 5.11 Å². The lowest BCUT2D eigenvalue weighted by molar-refractivity contribution is -0.148. The first-order valence-corrected chi connectivity index (χ1v) is 1.50. The van der Waals surface area contributed by atoms with Gasteiger partial charge in [0.05, 0.1) is 0 Å². The third kappa shape index (κ3) is 8.85. The summed E-state index contributed by atoms with van der Waals surface area (Å²) in [5.74, 6) is 5.07. The molecule has 8 heavy (non-hydrogen) atoms. The average molecular weight is 121 g/mol. The van der Waals surface area contributed by atoms with Crippen LogP contribution in [0.15, 0.2) is 0 Å². The summed E-state index contributed by atoms with van der Waals surface area (Å²) in [4.78, 5) is 18.5. The summed E-state index contributed by atoms with van der Waals surface area (Å²) in [6.07, 6.45) is 0. The quantitative estimate of drug-likeness (QED) is 0.158. The molecular weight excluding hydrogens is 114 g/mol. The van der Waals surface area contributed by atoms with Crippen LogP contribution in [-0.2, 0) is 9.59 Å². The van der Waals surface area contributed by atoms with Crippen molar-refractivity contribution >= 4 is 11.9 Å². The molecule has 7 N–H and O–H groups in total. The molecule has 0 saturated carbocycles. The zero-order valence-electron chi connectivity index (χ0n) is 4.00. The first-order valence-electron chi connectivity index (χ1n) is 1.50. The van der Waals surface area contributed by atoms with E-state index in [9.17, 15) is 9.59 Å². The minimum Gasteiger partial charge on any atom is -0.474 e. The SMILES string of the molecule is NC(=O)C(=O)O.NN. The predicted octanol–water partition coefficient (Wildman–Crippen LogP) is -2.62. The van der Waals surface area contributed by atoms with E-state index in [-0.39, 0.29) is 0 Å². The van der Waals surface area contributed by atoms with Gasteiger partial charge in [-0.15, -0.1) is 0 Å². The third-order valence-corrected chi connectivity index (χ3v) is 0.211. The zero-order chi connectivity index (χ0) is 7.15. The lowest BCUT2D eigenvalue weighted by Crippen LogP contribution is -2.21. The van der Waals surface area contributed by atoms with Crippen LogP contribution in [-0.4, -0.2) is 17.0 Å². The number of nitrogens with two attached hydrogens (primary N) is 3. The highest BCUT2D eigenvalue weighted by Crippen LogP contribution is 1.51. The van der Waals surface area contributed by atoms with Crippen LogP contribution in [0, 0.1) is 0 Å². The van der Waals surface area contributed by atoms with Crippen LogP contribution in [0.2, 0.25) is 0 Å². The van der Waals surface area contributed by atoms with Crippen molar-refractivity contribution in [1.29, 1.82) is 0 Å². The summed E-state index contributed by atoms with van der Waals surface area (Å²) in [5, 5.41) is 7.52. The number of aliphatic carboxylic acids is 1. The van der Waals surface area contributed by atoms with Crippen LogP contribution in [0.3, 0.4) is 0 Å². The largest absolute Gasteiger partial charge is 0.474 e. The topological polar surface area (TPSA) is 132 Å². The molecule has 0 aliphatic heterocycles. The molecule has 0 radical (unpaired) electrons. The molecule has 0 saturated heterocycles. The van der Waals surface area contributed by atoms with Crippen LogP contribution in [0.5, 0.6) is 0 Å². The number of carbonyl (C=O) groups is 2. The number of hydrazine groups is 1. The predicted molar refractivity (Wildman–Crippen MR) is 25.2 cm³/mol. The Morgan fingerprint density at radius 3 is 1.38 bits per heavy atom. The van der Waals surface area contributed by atoms with Crippen molar-refractivity contribution in [2.75, 3.05) is 0 Å². The van der Waals surface area contributed by atoms with Gasteiger partial charge in [0.1, 0.15) is 0 Å². The Hall–Kier alpha value is -1.14. The van der Waals surface area contributed by atoms with Gasteiger partial charge in [-0.05, 0) is 0 Å². The van der Waals surface area contributed by atoms with Gasteiger partial charge in [0.15, 0.2) is 0 Å². The summed E-state index contributed by atoms with van der Waals surface area (Å²) in [6, 6.07) is 0. The molecule has 1 amide bonds. The standard InChI is InChI=1S/C2H3NO3.H4N2/c3-1(4)2(5)6;1-2/h(H2,3,4)(H,5,6);1-2H2. The molecule has 0 aliphatic rings. The molecule has 0 aromatic rings. The molecule has 6 nitrogen and oxygen atoms in total. The highest BCUT2D eigenvalue weighted by Gasteiger charge is 2.00. The van der Waals surface area contributed by atoms with Crippen molar-refractivity contribution in [3.8, 4) is 0 Å². The van der Waals surface area contributed by atoms with Gasteiger partial charge in [-0.2, -0.15) is 0 Å². The molecule has 0 aromatic heterocycles. The molecule has 0 aromatic carbocycles. The number of carboxylic acids is 1. The zero-order valence-corrected chi connectivity index (χ0v) is 4.00. The molecule has 0 heterocycles. The van der Waals surface area contributed by atoms with Crippen molar-refractivity contribution in [1.82, 2.24) is 0 Å². The normalized spacial score (nSPS) is 6.25. The fourth-order valence-electron chi connectivity index (χ4n) is 0. The summed E-state index contributed by atoms with van der Waals surface area (Å²) < 4.78 is 0. The van der Waals surface area contributed by atoms with Gasteiger partial charge in [-0.25, -0.2) is 4.79 Å². The highest BCUT2D eigenvalue weighted by molar-refractivity contribution is 6.30. The second-order valence-corrected chi connectivity index (χ2v) is 0.669. The van der Waals surface area contributed by atoms with Gasteiger partial charge < -0.3 is 10.8 Å². The molecule has 0 unspecified atom stereocenters. The second-order valence-electron chi connectivity index (χ2n) is 0.669. The number of hydrogen-bond acceptors (Lipinski definition) is 4. The molecule has 0 aliphatic carbocycles. The van der Waals surface area contributed by atoms with E-state index in [0.717, 1.165) is 0 Å². The summed E-state index contributed by atoms with van der Waals surface area (Å²) in [6.45, 7) is 0. The van der Waals surface area contributed by atoms with E-state index in [2.05, 4.69) is 17.4 Å². The Balaban J connectivity index is 0. The molecule has 0 fully saturated rings. The lowest BCUT2D eigenvalue weighted by Gasteiger charge is -1.74. The fourth-order valence-corrected chi connectivity index (χ4v) is 0. The Kier molecular flexibility index (Phi) is 7.31. The van der Waals surface area contributed by atoms with E-state index in [1.165, 1.54) is 0 Å². The van der Waals surface area contributed by atoms with Crippen molar-refractivity contribution in [2.45, 2.75) is 0 Å². The molecule has 0 rings (SSSR count). The van der Waals surface area contributed by atoms with Crippen LogP contribution >= 0.6 is 0 Å². The first kappa shape index (κ1) is 9.97. The molecule has 0 atom stereocenters. The number of carboxylic acid groups (broad SMARTS) is 1. The first-order chi connectivity index (χ1) is 3.64. The monoisotopic (exact) mass is 121 g/mol. The third-order valence-electron chi connectivity index (χ3n) is 0.211. The maximum Gasteiger partial charge on any atom is 0.394 e. The van der Waals surface area contributed by atoms with Crippen LogP contribution in [0.1, 0.15) is 0 Å². The summed E-state index contributed by atoms with van der Waals surface area (Å²) in [7, 11) is 0. The maximum absolute atomic E-state index is 9.32. The Labute approximate surface area is 45.2 Å². The molecule has 48 valence electrons. The van der Waals surface area contributed by atoms with E-state index in [1.807, 2.05) is 0 Å². The lowest BCUT2D eigenvalue weighted by atomic mass is 10.7. The van der Waals surface area contributed by atoms with E-state index < -0.39 is 11.9 Å². The maximum atomic E-state index is 9.32. The Bertz CT molecular complexity index is 78.5. The van der Waals surface area contributed by atoms with Gasteiger partial charge in [0.25, 0.3) is 0 Å². The molecular formula is C2H7N3O3. The van der Waals surface area contributed by atoms with Crippen LogP contribution in [0.25, 0.3) is 0 Å². The van der Waals surface area contributed by atoms with Crippen molar-refractivity contribution in [3.05, 3.63) is 0 Å². The highest BCUT2D eigenvalue weighted by atomic mass is 16.4. The molecule has 0 spiro atoms. The number of hydrogen-bond donors (Lipinski definition) is 4. The minimum atomic E-state index is -1.60. The van der Waals surface area contributed by atoms with E-state index >= 15 is 0 Å². The van der Waals surface area contributed by atoms with Crippen molar-refractivity contribution in [2.24, 2.45) is 17.4 Å². The van der Waals surface area contributed by atoms with Crippen LogP contribution in [0.4, 0.5) is 0 Å². The number of carbonyl (C=O) groups excluding carboxylic acids is 1. The molecule has 0 bridgehead atoms. The van der Waals surface area contributed by atoms with Crippen LogP contribution < -0.4 is 17.4 Å².